The van der Waals surface area contributed by atoms with E-state index in [0.717, 1.165) is 5.56 Å². The summed E-state index contributed by atoms with van der Waals surface area (Å²) in [6.07, 6.45) is 4.24. The van der Waals surface area contributed by atoms with Crippen LogP contribution in [-0.2, 0) is 16.4 Å². The molecule has 0 saturated carbocycles. The van der Waals surface area contributed by atoms with E-state index >= 15 is 0 Å². The maximum absolute atomic E-state index is 12.1. The highest BCUT2D eigenvalue weighted by atomic mass is 32.2. The lowest BCUT2D eigenvalue weighted by atomic mass is 10.1. The molecule has 23 heavy (non-hydrogen) atoms. The molecule has 0 aliphatic carbocycles. The largest absolute Gasteiger partial charge is 0.352 e. The fourth-order valence-corrected chi connectivity index (χ4v) is 4.58. The van der Waals surface area contributed by atoms with Crippen LogP contribution in [0.3, 0.4) is 0 Å². The molecule has 1 atom stereocenters. The maximum atomic E-state index is 12.1. The summed E-state index contributed by atoms with van der Waals surface area (Å²) in [5.74, 6) is 0.272. The molecule has 0 unspecified atom stereocenters. The summed E-state index contributed by atoms with van der Waals surface area (Å²) in [5.41, 5.74) is 1.64. The number of nitrogens with zero attached hydrogens (tertiary/aromatic N) is 2. The van der Waals surface area contributed by atoms with Gasteiger partial charge >= 0.3 is 0 Å². The van der Waals surface area contributed by atoms with E-state index in [1.165, 1.54) is 0 Å². The lowest BCUT2D eigenvalue weighted by Crippen LogP contribution is -2.29. The first-order valence-corrected chi connectivity index (χ1v) is 9.39. The van der Waals surface area contributed by atoms with Crippen molar-refractivity contribution in [2.75, 3.05) is 18.1 Å². The van der Waals surface area contributed by atoms with Gasteiger partial charge in [-0.05, 0) is 36.1 Å². The molecule has 0 radical (unpaired) electrons. The second kappa shape index (κ2) is 6.54. The van der Waals surface area contributed by atoms with Gasteiger partial charge in [-0.15, -0.1) is 0 Å². The van der Waals surface area contributed by atoms with E-state index in [9.17, 15) is 13.2 Å². The Hall–Kier alpha value is -2.15. The van der Waals surface area contributed by atoms with Crippen molar-refractivity contribution in [3.63, 3.8) is 0 Å². The van der Waals surface area contributed by atoms with Crippen molar-refractivity contribution in [1.82, 2.24) is 15.1 Å². The smallest absolute Gasteiger partial charge is 0.251 e. The van der Waals surface area contributed by atoms with Gasteiger partial charge in [-0.2, -0.15) is 5.10 Å². The average Bonchev–Trinajstić information content (AvgIpc) is 3.15. The van der Waals surface area contributed by atoms with Gasteiger partial charge in [0.15, 0.2) is 9.84 Å². The van der Waals surface area contributed by atoms with E-state index in [0.29, 0.717) is 25.1 Å². The molecule has 0 spiro atoms. The van der Waals surface area contributed by atoms with E-state index < -0.39 is 9.84 Å². The average molecular weight is 333 g/mol. The fourth-order valence-electron chi connectivity index (χ4n) is 2.71. The zero-order valence-corrected chi connectivity index (χ0v) is 13.5. The number of amides is 1. The third-order valence-corrected chi connectivity index (χ3v) is 5.83. The topological polar surface area (TPSA) is 81.1 Å². The summed E-state index contributed by atoms with van der Waals surface area (Å²) < 4.78 is 24.6. The number of aromatic nitrogens is 2. The lowest BCUT2D eigenvalue weighted by Gasteiger charge is -2.10. The highest BCUT2D eigenvalue weighted by Gasteiger charge is 2.27. The molecule has 122 valence electrons. The molecule has 1 aromatic heterocycles. The van der Waals surface area contributed by atoms with Crippen LogP contribution in [0, 0.1) is 5.92 Å². The molecular weight excluding hydrogens is 314 g/mol. The summed E-state index contributed by atoms with van der Waals surface area (Å²) in [6, 6.07) is 9.22. The van der Waals surface area contributed by atoms with Crippen LogP contribution in [0.25, 0.3) is 0 Å². The second-order valence-corrected chi connectivity index (χ2v) is 8.11. The summed E-state index contributed by atoms with van der Waals surface area (Å²) in [7, 11) is -2.90. The number of sulfone groups is 1. The van der Waals surface area contributed by atoms with Gasteiger partial charge in [-0.1, -0.05) is 12.1 Å². The molecule has 6 nitrogen and oxygen atoms in total. The Morgan fingerprint density at radius 1 is 1.30 bits per heavy atom. The van der Waals surface area contributed by atoms with Crippen molar-refractivity contribution in [3.8, 4) is 0 Å². The van der Waals surface area contributed by atoms with Crippen molar-refractivity contribution in [2.45, 2.75) is 13.0 Å². The van der Waals surface area contributed by atoms with Crippen LogP contribution in [0.5, 0.6) is 0 Å². The first kappa shape index (κ1) is 15.7. The molecule has 1 saturated heterocycles. The normalized spacial score (nSPS) is 19.6. The number of nitrogens with one attached hydrogen (secondary N) is 1. The van der Waals surface area contributed by atoms with Crippen LogP contribution in [0.1, 0.15) is 22.3 Å². The van der Waals surface area contributed by atoms with Crippen molar-refractivity contribution in [2.24, 2.45) is 5.92 Å². The molecular formula is C16H19N3O3S. The molecule has 1 N–H and O–H groups in total. The number of carbonyl (C=O) groups excluding carboxylic acids is 1. The summed E-state index contributed by atoms with van der Waals surface area (Å²) in [6.45, 7) is 1.07. The first-order valence-electron chi connectivity index (χ1n) is 7.57. The Morgan fingerprint density at radius 3 is 2.70 bits per heavy atom. The zero-order chi connectivity index (χ0) is 16.3. The van der Waals surface area contributed by atoms with Gasteiger partial charge in [0.05, 0.1) is 18.1 Å². The minimum Gasteiger partial charge on any atom is -0.352 e. The third kappa shape index (κ3) is 4.19. The molecule has 1 aliphatic rings. The van der Waals surface area contributed by atoms with E-state index in [1.54, 1.807) is 18.3 Å². The standard InChI is InChI=1S/C16H19N3O3S/c20-16(17-10-14-6-9-23(21,22)12-14)15-4-2-13(3-5-15)11-19-8-1-7-18-19/h1-5,7-8,14H,6,9-12H2,(H,17,20)/t14-/m0/s1. The van der Waals surface area contributed by atoms with E-state index in [-0.39, 0.29) is 23.3 Å². The third-order valence-electron chi connectivity index (χ3n) is 4.00. The van der Waals surface area contributed by atoms with Crippen molar-refractivity contribution in [1.29, 1.82) is 0 Å². The number of hydrogen-bond donors (Lipinski definition) is 1. The van der Waals surface area contributed by atoms with Crippen LogP contribution in [-0.4, -0.2) is 42.2 Å². The van der Waals surface area contributed by atoms with Gasteiger partial charge in [0, 0.05) is 24.5 Å². The summed E-state index contributed by atoms with van der Waals surface area (Å²) >= 11 is 0. The summed E-state index contributed by atoms with van der Waals surface area (Å²) in [4.78, 5) is 12.1. The van der Waals surface area contributed by atoms with E-state index in [1.807, 2.05) is 29.1 Å². The Labute approximate surface area is 135 Å². The van der Waals surface area contributed by atoms with Crippen LogP contribution in [0.2, 0.25) is 0 Å². The number of benzene rings is 1. The molecule has 1 aromatic carbocycles. The predicted molar refractivity (Wildman–Crippen MR) is 86.9 cm³/mol. The second-order valence-electron chi connectivity index (χ2n) is 5.88. The van der Waals surface area contributed by atoms with Gasteiger partial charge in [0.2, 0.25) is 0 Å². The van der Waals surface area contributed by atoms with Gasteiger partial charge in [0.1, 0.15) is 0 Å². The van der Waals surface area contributed by atoms with Crippen molar-refractivity contribution < 1.29 is 13.2 Å². The van der Waals surface area contributed by atoms with E-state index in [4.69, 9.17) is 0 Å². The molecule has 1 fully saturated rings. The number of rotatable bonds is 5. The van der Waals surface area contributed by atoms with Crippen LogP contribution >= 0.6 is 0 Å². The number of hydrogen-bond acceptors (Lipinski definition) is 4. The van der Waals surface area contributed by atoms with Crippen LogP contribution in [0.4, 0.5) is 0 Å². The van der Waals surface area contributed by atoms with Crippen LogP contribution < -0.4 is 5.32 Å². The van der Waals surface area contributed by atoms with Gasteiger partial charge in [-0.3, -0.25) is 9.48 Å². The van der Waals surface area contributed by atoms with Crippen molar-refractivity contribution in [3.05, 3.63) is 53.9 Å². The summed E-state index contributed by atoms with van der Waals surface area (Å²) in [5, 5.41) is 6.97. The minimum absolute atomic E-state index is 0.0306. The monoisotopic (exact) mass is 333 g/mol. The van der Waals surface area contributed by atoms with Gasteiger partial charge in [-0.25, -0.2) is 8.42 Å². The van der Waals surface area contributed by atoms with Gasteiger partial charge in [0.25, 0.3) is 5.91 Å². The van der Waals surface area contributed by atoms with Gasteiger partial charge < -0.3 is 5.32 Å². The fraction of sp³-hybridized carbons (Fsp3) is 0.375. The maximum Gasteiger partial charge on any atom is 0.251 e. The molecule has 0 bridgehead atoms. The Bertz CT molecular complexity index is 767. The molecule has 2 heterocycles. The Kier molecular flexibility index (Phi) is 4.47. The molecule has 2 aromatic rings. The zero-order valence-electron chi connectivity index (χ0n) is 12.7. The molecule has 1 aliphatic heterocycles. The van der Waals surface area contributed by atoms with E-state index in [2.05, 4.69) is 10.4 Å². The molecule has 1 amide bonds. The molecule has 7 heteroatoms. The highest BCUT2D eigenvalue weighted by molar-refractivity contribution is 7.91. The minimum atomic E-state index is -2.90. The van der Waals surface area contributed by atoms with Crippen LogP contribution in [0.15, 0.2) is 42.7 Å². The lowest BCUT2D eigenvalue weighted by molar-refractivity contribution is 0.0948. The Morgan fingerprint density at radius 2 is 2.09 bits per heavy atom. The highest BCUT2D eigenvalue weighted by Crippen LogP contribution is 2.17. The quantitative estimate of drug-likeness (QED) is 0.888. The Balaban J connectivity index is 1.53. The predicted octanol–water partition coefficient (Wildman–Crippen LogP) is 1.10. The van der Waals surface area contributed by atoms with Crippen molar-refractivity contribution >= 4 is 15.7 Å². The first-order chi connectivity index (χ1) is 11.0. The SMILES string of the molecule is O=C(NC[C@@H]1CCS(=O)(=O)C1)c1ccc(Cn2cccn2)cc1. The molecule has 3 rings (SSSR count). The number of carbonyl (C=O) groups is 1.